The van der Waals surface area contributed by atoms with Gasteiger partial charge in [-0.1, -0.05) is 36.3 Å². The van der Waals surface area contributed by atoms with Crippen molar-refractivity contribution in [3.05, 3.63) is 35.5 Å². The first kappa shape index (κ1) is 13.0. The molecule has 0 aromatic carbocycles. The van der Waals surface area contributed by atoms with E-state index in [2.05, 4.69) is 32.1 Å². The molecule has 2 atom stereocenters. The predicted octanol–water partition coefficient (Wildman–Crippen LogP) is 4.07. The molecule has 0 radical (unpaired) electrons. The van der Waals surface area contributed by atoms with Crippen LogP contribution < -0.4 is 0 Å². The van der Waals surface area contributed by atoms with E-state index < -0.39 is 0 Å². The van der Waals surface area contributed by atoms with Crippen LogP contribution in [-0.4, -0.2) is 5.78 Å². The molecule has 0 unspecified atom stereocenters. The molecule has 0 heterocycles. The molecule has 1 aliphatic carbocycles. The molecule has 0 aromatic heterocycles. The summed E-state index contributed by atoms with van der Waals surface area (Å²) in [7, 11) is 0. The zero-order valence-corrected chi connectivity index (χ0v) is 10.8. The second-order valence-electron chi connectivity index (χ2n) is 5.08. The van der Waals surface area contributed by atoms with Gasteiger partial charge in [-0.25, -0.2) is 0 Å². The molecule has 0 aromatic rings. The highest BCUT2D eigenvalue weighted by molar-refractivity contribution is 5.90. The third kappa shape index (κ3) is 4.18. The molecule has 1 nitrogen and oxygen atoms in total. The van der Waals surface area contributed by atoms with E-state index in [1.807, 2.05) is 13.8 Å². The summed E-state index contributed by atoms with van der Waals surface area (Å²) in [5, 5.41) is 0. The summed E-state index contributed by atoms with van der Waals surface area (Å²) >= 11 is 0. The van der Waals surface area contributed by atoms with Crippen molar-refractivity contribution in [2.75, 3.05) is 0 Å². The first-order valence-electron chi connectivity index (χ1n) is 6.01. The van der Waals surface area contributed by atoms with Gasteiger partial charge in [0.15, 0.2) is 5.78 Å². The number of hydrogen-bond donors (Lipinski definition) is 0. The molecule has 0 N–H and O–H groups in total. The SMILES string of the molecule is CC(C)=CC(=O)C[C@H](C)[C@@H]1C=CC(C)=CC1. The maximum atomic E-state index is 11.7. The summed E-state index contributed by atoms with van der Waals surface area (Å²) in [5.74, 6) is 1.22. The van der Waals surface area contributed by atoms with Gasteiger partial charge in [0.1, 0.15) is 0 Å². The fourth-order valence-corrected chi connectivity index (χ4v) is 2.02. The summed E-state index contributed by atoms with van der Waals surface area (Å²) in [5.41, 5.74) is 2.42. The maximum absolute atomic E-state index is 11.7. The van der Waals surface area contributed by atoms with E-state index in [1.165, 1.54) is 5.57 Å². The van der Waals surface area contributed by atoms with Crippen molar-refractivity contribution in [2.24, 2.45) is 11.8 Å². The molecule has 0 fully saturated rings. The van der Waals surface area contributed by atoms with Crippen LogP contribution in [0.2, 0.25) is 0 Å². The second-order valence-corrected chi connectivity index (χ2v) is 5.08. The molecular formula is C15H22O. The normalized spacial score (nSPS) is 21.2. The van der Waals surface area contributed by atoms with Crippen LogP contribution in [0.1, 0.15) is 40.5 Å². The van der Waals surface area contributed by atoms with Crippen LogP contribution in [0.15, 0.2) is 35.5 Å². The zero-order valence-electron chi connectivity index (χ0n) is 10.8. The highest BCUT2D eigenvalue weighted by Crippen LogP contribution is 2.26. The minimum Gasteiger partial charge on any atom is -0.295 e. The maximum Gasteiger partial charge on any atom is 0.155 e. The monoisotopic (exact) mass is 218 g/mol. The Kier molecular flexibility index (Phi) is 4.72. The van der Waals surface area contributed by atoms with E-state index in [4.69, 9.17) is 0 Å². The first-order valence-corrected chi connectivity index (χ1v) is 6.01. The largest absolute Gasteiger partial charge is 0.295 e. The average Bonchev–Trinajstić information content (AvgIpc) is 2.16. The molecule has 1 rings (SSSR count). The van der Waals surface area contributed by atoms with Gasteiger partial charge in [0.05, 0.1) is 0 Å². The molecule has 1 heteroatoms. The number of hydrogen-bond acceptors (Lipinski definition) is 1. The topological polar surface area (TPSA) is 17.1 Å². The van der Waals surface area contributed by atoms with Gasteiger partial charge < -0.3 is 0 Å². The van der Waals surface area contributed by atoms with Gasteiger partial charge >= 0.3 is 0 Å². The van der Waals surface area contributed by atoms with E-state index >= 15 is 0 Å². The van der Waals surface area contributed by atoms with Crippen LogP contribution in [0.4, 0.5) is 0 Å². The smallest absolute Gasteiger partial charge is 0.155 e. The highest BCUT2D eigenvalue weighted by Gasteiger charge is 2.17. The molecular weight excluding hydrogens is 196 g/mol. The molecule has 88 valence electrons. The minimum absolute atomic E-state index is 0.257. The van der Waals surface area contributed by atoms with Gasteiger partial charge in [0.2, 0.25) is 0 Å². The Hall–Kier alpha value is -1.11. The van der Waals surface area contributed by atoms with Crippen molar-refractivity contribution in [3.8, 4) is 0 Å². The number of rotatable bonds is 4. The summed E-state index contributed by atoms with van der Waals surface area (Å²) in [6, 6.07) is 0. The van der Waals surface area contributed by atoms with Crippen LogP contribution in [0.5, 0.6) is 0 Å². The Morgan fingerprint density at radius 2 is 2.25 bits per heavy atom. The summed E-state index contributed by atoms with van der Waals surface area (Å²) in [6.07, 6.45) is 10.2. The number of carbonyl (C=O) groups excluding carboxylic acids is 1. The van der Waals surface area contributed by atoms with Gasteiger partial charge in [0.25, 0.3) is 0 Å². The predicted molar refractivity (Wildman–Crippen MR) is 69.2 cm³/mol. The Morgan fingerprint density at radius 3 is 2.75 bits per heavy atom. The third-order valence-corrected chi connectivity index (χ3v) is 3.02. The van der Waals surface area contributed by atoms with E-state index in [-0.39, 0.29) is 5.78 Å². The molecule has 1 aliphatic rings. The number of carbonyl (C=O) groups is 1. The van der Waals surface area contributed by atoms with Crippen LogP contribution in [0.3, 0.4) is 0 Å². The lowest BCUT2D eigenvalue weighted by atomic mass is 9.84. The fourth-order valence-electron chi connectivity index (χ4n) is 2.02. The Morgan fingerprint density at radius 1 is 1.56 bits per heavy atom. The fraction of sp³-hybridized carbons (Fsp3) is 0.533. The molecule has 0 saturated carbocycles. The Balaban J connectivity index is 2.48. The van der Waals surface area contributed by atoms with Crippen LogP contribution in [0, 0.1) is 11.8 Å². The van der Waals surface area contributed by atoms with Crippen LogP contribution in [0.25, 0.3) is 0 Å². The van der Waals surface area contributed by atoms with E-state index in [9.17, 15) is 4.79 Å². The molecule has 0 amide bonds. The average molecular weight is 218 g/mol. The minimum atomic E-state index is 0.257. The summed E-state index contributed by atoms with van der Waals surface area (Å²) in [4.78, 5) is 11.7. The lowest BCUT2D eigenvalue weighted by molar-refractivity contribution is -0.115. The van der Waals surface area contributed by atoms with Crippen molar-refractivity contribution in [2.45, 2.75) is 40.5 Å². The first-order chi connectivity index (χ1) is 7.49. The Labute approximate surface area is 98.9 Å². The number of ketones is 1. The van der Waals surface area contributed by atoms with Gasteiger partial charge in [-0.15, -0.1) is 0 Å². The van der Waals surface area contributed by atoms with Crippen molar-refractivity contribution in [3.63, 3.8) is 0 Å². The van der Waals surface area contributed by atoms with E-state index in [0.29, 0.717) is 18.3 Å². The highest BCUT2D eigenvalue weighted by atomic mass is 16.1. The lowest BCUT2D eigenvalue weighted by Crippen LogP contribution is -2.14. The molecule has 16 heavy (non-hydrogen) atoms. The Bertz CT molecular complexity index is 340. The van der Waals surface area contributed by atoms with Gasteiger partial charge in [0, 0.05) is 6.42 Å². The van der Waals surface area contributed by atoms with Crippen molar-refractivity contribution >= 4 is 5.78 Å². The van der Waals surface area contributed by atoms with Crippen molar-refractivity contribution < 1.29 is 4.79 Å². The molecule has 0 saturated heterocycles. The molecule has 0 bridgehead atoms. The van der Waals surface area contributed by atoms with Crippen molar-refractivity contribution in [1.29, 1.82) is 0 Å². The van der Waals surface area contributed by atoms with Crippen LogP contribution in [-0.2, 0) is 4.79 Å². The third-order valence-electron chi connectivity index (χ3n) is 3.02. The summed E-state index contributed by atoms with van der Waals surface area (Å²) in [6.45, 7) is 8.22. The molecule has 0 aliphatic heterocycles. The zero-order chi connectivity index (χ0) is 12.1. The van der Waals surface area contributed by atoms with Crippen molar-refractivity contribution in [1.82, 2.24) is 0 Å². The van der Waals surface area contributed by atoms with Gasteiger partial charge in [-0.05, 0) is 45.1 Å². The van der Waals surface area contributed by atoms with Gasteiger partial charge in [-0.3, -0.25) is 4.79 Å². The van der Waals surface area contributed by atoms with Gasteiger partial charge in [-0.2, -0.15) is 0 Å². The lowest BCUT2D eigenvalue weighted by Gasteiger charge is -2.21. The quantitative estimate of drug-likeness (QED) is 0.650. The van der Waals surface area contributed by atoms with E-state index in [1.54, 1.807) is 6.08 Å². The number of allylic oxidation sites excluding steroid dienone is 6. The van der Waals surface area contributed by atoms with E-state index in [0.717, 1.165) is 12.0 Å². The standard InChI is InChI=1S/C15H22O/c1-11(2)9-15(16)10-13(4)14-7-5-12(3)6-8-14/h5-7,9,13-14H,8,10H2,1-4H3/t13-,14+/m0/s1. The summed E-state index contributed by atoms with van der Waals surface area (Å²) < 4.78 is 0. The van der Waals surface area contributed by atoms with Crippen LogP contribution >= 0.6 is 0 Å². The molecule has 0 spiro atoms. The second kappa shape index (κ2) is 5.83.